The first-order chi connectivity index (χ1) is 13.2. The van der Waals surface area contributed by atoms with Crippen LogP contribution in [0.2, 0.25) is 0 Å². The highest BCUT2D eigenvalue weighted by atomic mass is 35.5. The van der Waals surface area contributed by atoms with Gasteiger partial charge >= 0.3 is 11.9 Å². The Labute approximate surface area is 170 Å². The normalized spacial score (nSPS) is 20.8. The minimum absolute atomic E-state index is 0. The lowest BCUT2D eigenvalue weighted by atomic mass is 9.82. The van der Waals surface area contributed by atoms with Crippen LogP contribution in [0.25, 0.3) is 11.5 Å². The summed E-state index contributed by atoms with van der Waals surface area (Å²) in [6.07, 6.45) is -1.28. The first-order valence-electron chi connectivity index (χ1n) is 9.09. The second-order valence-electron chi connectivity index (χ2n) is 7.13. The van der Waals surface area contributed by atoms with Crippen molar-refractivity contribution < 1.29 is 22.0 Å². The molecule has 0 amide bonds. The lowest BCUT2D eigenvalue weighted by Crippen LogP contribution is -2.36. The summed E-state index contributed by atoms with van der Waals surface area (Å²) < 4.78 is 59.5. The number of aromatic nitrogens is 2. The molecular formula is C18H23ClF4N4O2. The summed E-state index contributed by atoms with van der Waals surface area (Å²) in [5.74, 6) is -2.44. The van der Waals surface area contributed by atoms with Gasteiger partial charge in [0.05, 0.1) is 5.69 Å². The molecule has 0 unspecified atom stereocenters. The number of rotatable bonds is 5. The number of aromatic amines is 1. The number of benzene rings is 1. The second-order valence-corrected chi connectivity index (χ2v) is 7.13. The molecule has 2 aromatic rings. The summed E-state index contributed by atoms with van der Waals surface area (Å²) in [6, 6.07) is 1.90. The Morgan fingerprint density at radius 3 is 2.41 bits per heavy atom. The van der Waals surface area contributed by atoms with Gasteiger partial charge in [-0.1, -0.05) is 0 Å². The number of H-pyrrole nitrogens is 1. The SMILES string of the molecule is CNC1CCC([C@H](C)Nc2cc(-c3n[nH]c(=O)o3)cc(F)c2C(F)(F)F)CC1.Cl. The Morgan fingerprint density at radius 1 is 1.24 bits per heavy atom. The molecule has 1 atom stereocenters. The van der Waals surface area contributed by atoms with Gasteiger partial charge in [-0.25, -0.2) is 14.3 Å². The van der Waals surface area contributed by atoms with Crippen molar-refractivity contribution >= 4 is 18.1 Å². The quantitative estimate of drug-likeness (QED) is 0.610. The summed E-state index contributed by atoms with van der Waals surface area (Å²) in [5, 5.41) is 11.6. The zero-order valence-electron chi connectivity index (χ0n) is 15.9. The molecule has 29 heavy (non-hydrogen) atoms. The molecule has 0 radical (unpaired) electrons. The van der Waals surface area contributed by atoms with Crippen molar-refractivity contribution in [2.75, 3.05) is 12.4 Å². The van der Waals surface area contributed by atoms with Crippen molar-refractivity contribution in [3.63, 3.8) is 0 Å². The van der Waals surface area contributed by atoms with Gasteiger partial charge in [0, 0.05) is 17.6 Å². The van der Waals surface area contributed by atoms with Gasteiger partial charge in [-0.15, -0.1) is 17.5 Å². The zero-order chi connectivity index (χ0) is 20.5. The van der Waals surface area contributed by atoms with E-state index in [9.17, 15) is 22.4 Å². The molecule has 1 fully saturated rings. The van der Waals surface area contributed by atoms with E-state index in [-0.39, 0.29) is 35.8 Å². The average Bonchev–Trinajstić information content (AvgIpc) is 3.06. The summed E-state index contributed by atoms with van der Waals surface area (Å²) >= 11 is 0. The molecule has 0 bridgehead atoms. The van der Waals surface area contributed by atoms with Crippen LogP contribution in [0.3, 0.4) is 0 Å². The highest BCUT2D eigenvalue weighted by molar-refractivity contribution is 5.85. The van der Waals surface area contributed by atoms with Gasteiger partial charge in [-0.2, -0.15) is 13.2 Å². The molecule has 1 heterocycles. The Morgan fingerprint density at radius 2 is 1.90 bits per heavy atom. The highest BCUT2D eigenvalue weighted by Gasteiger charge is 2.38. The van der Waals surface area contributed by atoms with Crippen molar-refractivity contribution in [3.8, 4) is 11.5 Å². The van der Waals surface area contributed by atoms with Crippen LogP contribution in [-0.4, -0.2) is 29.3 Å². The molecule has 6 nitrogen and oxygen atoms in total. The summed E-state index contributed by atoms with van der Waals surface area (Å²) in [4.78, 5) is 11.1. The van der Waals surface area contributed by atoms with E-state index in [1.807, 2.05) is 12.1 Å². The van der Waals surface area contributed by atoms with Gasteiger partial charge in [-0.05, 0) is 57.7 Å². The average molecular weight is 439 g/mol. The predicted molar refractivity (Wildman–Crippen MR) is 103 cm³/mol. The molecule has 1 saturated carbocycles. The van der Waals surface area contributed by atoms with Crippen LogP contribution in [0.1, 0.15) is 38.2 Å². The number of nitrogens with one attached hydrogen (secondary N) is 3. The number of halogens is 5. The first-order valence-corrected chi connectivity index (χ1v) is 9.09. The van der Waals surface area contributed by atoms with Crippen LogP contribution in [0.5, 0.6) is 0 Å². The Kier molecular flexibility index (Phi) is 7.34. The van der Waals surface area contributed by atoms with Crippen LogP contribution in [0.4, 0.5) is 23.2 Å². The van der Waals surface area contributed by atoms with E-state index in [1.54, 1.807) is 6.92 Å². The number of hydrogen-bond donors (Lipinski definition) is 3. The Balaban J connectivity index is 0.00000300. The van der Waals surface area contributed by atoms with E-state index < -0.39 is 29.0 Å². The molecule has 162 valence electrons. The maximum absolute atomic E-state index is 14.4. The monoisotopic (exact) mass is 438 g/mol. The molecule has 0 spiro atoms. The molecule has 3 N–H and O–H groups in total. The topological polar surface area (TPSA) is 83.0 Å². The third-order valence-electron chi connectivity index (χ3n) is 5.33. The number of nitrogens with zero attached hydrogens (tertiary/aromatic N) is 1. The fourth-order valence-electron chi connectivity index (χ4n) is 3.76. The smallest absolute Gasteiger partial charge is 0.388 e. The molecule has 1 aromatic heterocycles. The fraction of sp³-hybridized carbons (Fsp3) is 0.556. The van der Waals surface area contributed by atoms with Gasteiger partial charge in [0.15, 0.2) is 0 Å². The van der Waals surface area contributed by atoms with Crippen molar-refractivity contribution in [2.24, 2.45) is 5.92 Å². The molecule has 1 aromatic carbocycles. The van der Waals surface area contributed by atoms with Crippen molar-refractivity contribution in [1.29, 1.82) is 0 Å². The van der Waals surface area contributed by atoms with Crippen LogP contribution in [-0.2, 0) is 6.18 Å². The number of alkyl halides is 3. The molecule has 1 aliphatic rings. The Hall–Kier alpha value is -2.07. The van der Waals surface area contributed by atoms with Crippen LogP contribution in [0.15, 0.2) is 21.3 Å². The van der Waals surface area contributed by atoms with E-state index in [2.05, 4.69) is 15.7 Å². The third kappa shape index (κ3) is 5.30. The van der Waals surface area contributed by atoms with E-state index in [1.165, 1.54) is 0 Å². The van der Waals surface area contributed by atoms with E-state index in [0.717, 1.165) is 31.7 Å². The summed E-state index contributed by atoms with van der Waals surface area (Å²) in [7, 11) is 1.89. The maximum atomic E-state index is 14.4. The van der Waals surface area contributed by atoms with Crippen molar-refractivity contribution in [1.82, 2.24) is 15.5 Å². The lowest BCUT2D eigenvalue weighted by molar-refractivity contribution is -0.139. The summed E-state index contributed by atoms with van der Waals surface area (Å²) in [5.41, 5.74) is -1.82. The highest BCUT2D eigenvalue weighted by Crippen LogP contribution is 2.40. The van der Waals surface area contributed by atoms with Crippen molar-refractivity contribution in [3.05, 3.63) is 34.1 Å². The number of hydrogen-bond acceptors (Lipinski definition) is 5. The largest absolute Gasteiger partial charge is 0.434 e. The van der Waals surface area contributed by atoms with Crippen molar-refractivity contribution in [2.45, 2.75) is 50.9 Å². The molecule has 1 aliphatic carbocycles. The standard InChI is InChI=1S/C18H22F4N4O2.ClH/c1-9(10-3-5-12(23-2)6-4-10)24-14-8-11(16-25-26-17(27)28-16)7-13(19)15(14)18(20,21)22;/h7-10,12,23-24H,3-6H2,1-2H3,(H,26,27);1H/t9-,10?,12?;/m0./s1. The first kappa shape index (κ1) is 23.2. The third-order valence-corrected chi connectivity index (χ3v) is 5.33. The van der Waals surface area contributed by atoms with E-state index in [0.29, 0.717) is 12.1 Å². The molecular weight excluding hydrogens is 416 g/mol. The van der Waals surface area contributed by atoms with Gasteiger partial charge in [0.25, 0.3) is 0 Å². The minimum Gasteiger partial charge on any atom is -0.388 e. The minimum atomic E-state index is -4.87. The van der Waals surface area contributed by atoms with E-state index in [4.69, 9.17) is 4.42 Å². The molecule has 3 rings (SSSR count). The van der Waals surface area contributed by atoms with Crippen LogP contribution < -0.4 is 16.4 Å². The molecule has 0 saturated heterocycles. The summed E-state index contributed by atoms with van der Waals surface area (Å²) in [6.45, 7) is 1.80. The fourth-order valence-corrected chi connectivity index (χ4v) is 3.76. The molecule has 11 heteroatoms. The van der Waals surface area contributed by atoms with Crippen LogP contribution >= 0.6 is 12.4 Å². The zero-order valence-corrected chi connectivity index (χ0v) is 16.7. The maximum Gasteiger partial charge on any atom is 0.434 e. The Bertz CT molecular complexity index is 875. The van der Waals surface area contributed by atoms with Gasteiger partial charge < -0.3 is 15.1 Å². The van der Waals surface area contributed by atoms with Gasteiger partial charge in [0.2, 0.25) is 5.89 Å². The van der Waals surface area contributed by atoms with Gasteiger partial charge in [0.1, 0.15) is 11.4 Å². The lowest BCUT2D eigenvalue weighted by Gasteiger charge is -2.33. The number of anilines is 1. The second kappa shape index (κ2) is 9.17. The molecule has 0 aliphatic heterocycles. The van der Waals surface area contributed by atoms with Crippen LogP contribution in [0, 0.1) is 11.7 Å². The van der Waals surface area contributed by atoms with E-state index >= 15 is 0 Å². The predicted octanol–water partition coefficient (Wildman–Crippen LogP) is 4.19. The van der Waals surface area contributed by atoms with Gasteiger partial charge in [-0.3, -0.25) is 0 Å².